The Morgan fingerprint density at radius 3 is 2.73 bits per heavy atom. The quantitative estimate of drug-likeness (QED) is 0.473. The number of H-pyrrole nitrogens is 1. The van der Waals surface area contributed by atoms with Crippen LogP contribution in [0.15, 0.2) is 53.6 Å². The minimum Gasteiger partial charge on any atom is -0.378 e. The summed E-state index contributed by atoms with van der Waals surface area (Å²) in [6.07, 6.45) is 3.41. The largest absolute Gasteiger partial charge is 0.378 e. The van der Waals surface area contributed by atoms with Crippen LogP contribution in [0.2, 0.25) is 5.02 Å². The Kier molecular flexibility index (Phi) is 7.35. The van der Waals surface area contributed by atoms with Gasteiger partial charge in [0.05, 0.1) is 43.1 Å². The molecule has 10 nitrogen and oxygen atoms in total. The topological polar surface area (TPSA) is 118 Å². The number of hydrogen-bond donors (Lipinski definition) is 1. The van der Waals surface area contributed by atoms with Crippen molar-refractivity contribution in [2.45, 2.75) is 19.0 Å². The molecule has 190 valence electrons. The van der Waals surface area contributed by atoms with Crippen molar-refractivity contribution in [1.29, 1.82) is 5.26 Å². The van der Waals surface area contributed by atoms with Gasteiger partial charge < -0.3 is 19.4 Å². The Labute approximate surface area is 219 Å². The molecule has 1 fully saturated rings. The molecule has 0 unspecified atom stereocenters. The number of pyridine rings is 1. The van der Waals surface area contributed by atoms with Crippen molar-refractivity contribution in [3.05, 3.63) is 80.9 Å². The lowest BCUT2D eigenvalue weighted by Crippen LogP contribution is -2.49. The average molecular weight is 520 g/mol. The van der Waals surface area contributed by atoms with Crippen LogP contribution < -0.4 is 15.4 Å². The van der Waals surface area contributed by atoms with Crippen LogP contribution in [-0.4, -0.2) is 65.4 Å². The van der Waals surface area contributed by atoms with E-state index < -0.39 is 5.56 Å². The molecule has 5 rings (SSSR count). The lowest BCUT2D eigenvalue weighted by molar-refractivity contribution is -0.132. The van der Waals surface area contributed by atoms with Crippen LogP contribution in [0.1, 0.15) is 29.2 Å². The summed E-state index contributed by atoms with van der Waals surface area (Å²) in [5.74, 6) is 0.865. The third-order valence-electron chi connectivity index (χ3n) is 6.79. The Morgan fingerprint density at radius 1 is 1.16 bits per heavy atom. The molecular formula is C26H26ClN7O3. The molecule has 37 heavy (non-hydrogen) atoms. The van der Waals surface area contributed by atoms with Crippen LogP contribution in [-0.2, 0) is 16.1 Å². The molecular weight excluding hydrogens is 494 g/mol. The Balaban J connectivity index is 1.14. The van der Waals surface area contributed by atoms with Gasteiger partial charge >= 0.3 is 0 Å². The number of rotatable bonds is 7. The molecule has 0 aliphatic carbocycles. The lowest BCUT2D eigenvalue weighted by Gasteiger charge is -2.35. The molecule has 0 saturated carbocycles. The third kappa shape index (κ3) is 5.28. The first kappa shape index (κ1) is 24.7. The van der Waals surface area contributed by atoms with Gasteiger partial charge in [0.15, 0.2) is 0 Å². The zero-order chi connectivity index (χ0) is 25.8. The molecule has 3 aromatic rings. The maximum atomic E-state index is 12.8. The van der Waals surface area contributed by atoms with Crippen molar-refractivity contribution < 1.29 is 9.53 Å². The van der Waals surface area contributed by atoms with Crippen molar-refractivity contribution in [2.24, 2.45) is 0 Å². The van der Waals surface area contributed by atoms with Crippen LogP contribution >= 0.6 is 11.6 Å². The monoisotopic (exact) mass is 519 g/mol. The SMILES string of the molecule is N#Cc1ccc(N2CCN(C(=O)CCOC[C@@H]3c4ccccc4CN3c3cn[nH]c(=O)c3Cl)CC2)nc1. The number of amides is 1. The molecule has 1 N–H and O–H groups in total. The molecule has 2 aliphatic heterocycles. The Hall–Kier alpha value is -3.94. The minimum atomic E-state index is -0.435. The standard InChI is InChI=1S/C26H26ClN7O3/c27-25-21(15-30-31-26(25)36)34-16-19-3-1-2-4-20(19)22(34)17-37-12-7-24(35)33-10-8-32(9-11-33)23-6-5-18(13-28)14-29-23/h1-6,14-15,22H,7-12,16-17H2,(H,31,36)/t22-/m1/s1. The maximum Gasteiger partial charge on any atom is 0.285 e. The van der Waals surface area contributed by atoms with E-state index in [9.17, 15) is 9.59 Å². The van der Waals surface area contributed by atoms with Gasteiger partial charge in [-0.2, -0.15) is 10.4 Å². The van der Waals surface area contributed by atoms with Gasteiger partial charge in [-0.1, -0.05) is 35.9 Å². The molecule has 11 heteroatoms. The van der Waals surface area contributed by atoms with Gasteiger partial charge in [-0.05, 0) is 23.3 Å². The molecule has 2 aliphatic rings. The first-order chi connectivity index (χ1) is 18.0. The fourth-order valence-corrected chi connectivity index (χ4v) is 5.01. The van der Waals surface area contributed by atoms with Crippen LogP contribution in [0.3, 0.4) is 0 Å². The van der Waals surface area contributed by atoms with E-state index in [1.807, 2.05) is 40.1 Å². The Morgan fingerprint density at radius 2 is 1.97 bits per heavy atom. The first-order valence-corrected chi connectivity index (χ1v) is 12.5. The molecule has 1 amide bonds. The second kappa shape index (κ2) is 11.0. The number of ether oxygens (including phenoxy) is 1. The molecule has 0 spiro atoms. The number of hydrogen-bond acceptors (Lipinski definition) is 8. The number of nitrogens with zero attached hydrogens (tertiary/aromatic N) is 6. The maximum absolute atomic E-state index is 12.8. The highest BCUT2D eigenvalue weighted by Gasteiger charge is 2.32. The predicted octanol–water partition coefficient (Wildman–Crippen LogP) is 2.51. The summed E-state index contributed by atoms with van der Waals surface area (Å²) in [4.78, 5) is 35.1. The molecule has 1 atom stereocenters. The van der Waals surface area contributed by atoms with E-state index in [0.29, 0.717) is 57.2 Å². The van der Waals surface area contributed by atoms with Gasteiger partial charge in [-0.15, -0.1) is 0 Å². The number of benzene rings is 1. The predicted molar refractivity (Wildman–Crippen MR) is 138 cm³/mol. The first-order valence-electron chi connectivity index (χ1n) is 12.1. The summed E-state index contributed by atoms with van der Waals surface area (Å²) in [6.45, 7) is 3.83. The highest BCUT2D eigenvalue weighted by molar-refractivity contribution is 6.33. The highest BCUT2D eigenvalue weighted by atomic mass is 35.5. The van der Waals surface area contributed by atoms with Crippen molar-refractivity contribution in [2.75, 3.05) is 49.2 Å². The van der Waals surface area contributed by atoms with Gasteiger partial charge in [0.2, 0.25) is 5.91 Å². The normalized spacial score (nSPS) is 17.0. The summed E-state index contributed by atoms with van der Waals surface area (Å²) in [5.41, 5.74) is 2.89. The summed E-state index contributed by atoms with van der Waals surface area (Å²) < 4.78 is 5.98. The van der Waals surface area contributed by atoms with E-state index in [1.165, 1.54) is 0 Å². The number of anilines is 2. The van der Waals surface area contributed by atoms with Crippen molar-refractivity contribution >= 4 is 29.0 Å². The Bertz CT molecular complexity index is 1360. The number of nitriles is 1. The third-order valence-corrected chi connectivity index (χ3v) is 7.15. The molecule has 0 radical (unpaired) electrons. The van der Waals surface area contributed by atoms with E-state index >= 15 is 0 Å². The zero-order valence-electron chi connectivity index (χ0n) is 20.1. The van der Waals surface area contributed by atoms with Crippen LogP contribution in [0, 0.1) is 11.3 Å². The van der Waals surface area contributed by atoms with Gasteiger partial charge in [-0.25, -0.2) is 10.1 Å². The lowest BCUT2D eigenvalue weighted by atomic mass is 10.1. The molecule has 0 bridgehead atoms. The second-order valence-electron chi connectivity index (χ2n) is 8.95. The highest BCUT2D eigenvalue weighted by Crippen LogP contribution is 2.39. The molecule has 1 aromatic carbocycles. The van der Waals surface area contributed by atoms with E-state index in [0.717, 1.165) is 16.9 Å². The average Bonchev–Trinajstić information content (AvgIpc) is 3.31. The second-order valence-corrected chi connectivity index (χ2v) is 9.33. The fraction of sp³-hybridized carbons (Fsp3) is 0.346. The van der Waals surface area contributed by atoms with Crippen molar-refractivity contribution in [1.82, 2.24) is 20.1 Å². The van der Waals surface area contributed by atoms with Crippen molar-refractivity contribution in [3.8, 4) is 6.07 Å². The van der Waals surface area contributed by atoms with Gasteiger partial charge in [0.25, 0.3) is 5.56 Å². The summed E-state index contributed by atoms with van der Waals surface area (Å²) >= 11 is 6.30. The number of halogens is 1. The molecule has 2 aromatic heterocycles. The van der Waals surface area contributed by atoms with Gasteiger partial charge in [0.1, 0.15) is 16.9 Å². The zero-order valence-corrected chi connectivity index (χ0v) is 20.9. The van der Waals surface area contributed by atoms with E-state index in [2.05, 4.69) is 26.2 Å². The number of aromatic nitrogens is 3. The number of aromatic amines is 1. The summed E-state index contributed by atoms with van der Waals surface area (Å²) in [5, 5.41) is 15.3. The molecule has 4 heterocycles. The van der Waals surface area contributed by atoms with Gasteiger partial charge in [-0.3, -0.25) is 9.59 Å². The van der Waals surface area contributed by atoms with E-state index in [1.54, 1.807) is 18.5 Å². The fourth-order valence-electron chi connectivity index (χ4n) is 4.81. The number of carbonyl (C=O) groups excluding carboxylic acids is 1. The van der Waals surface area contributed by atoms with Crippen molar-refractivity contribution in [3.63, 3.8) is 0 Å². The van der Waals surface area contributed by atoms with E-state index in [-0.39, 0.29) is 23.4 Å². The number of piperazine rings is 1. The van der Waals surface area contributed by atoms with Crippen LogP contribution in [0.5, 0.6) is 0 Å². The summed E-state index contributed by atoms with van der Waals surface area (Å²) in [6, 6.07) is 13.6. The number of nitrogens with one attached hydrogen (secondary N) is 1. The van der Waals surface area contributed by atoms with Crippen LogP contribution in [0.25, 0.3) is 0 Å². The summed E-state index contributed by atoms with van der Waals surface area (Å²) in [7, 11) is 0. The van der Waals surface area contributed by atoms with Gasteiger partial charge in [0, 0.05) is 38.9 Å². The smallest absolute Gasteiger partial charge is 0.285 e. The van der Waals surface area contributed by atoms with E-state index in [4.69, 9.17) is 21.6 Å². The molecule has 1 saturated heterocycles. The minimum absolute atomic E-state index is 0.0537. The van der Waals surface area contributed by atoms with Crippen LogP contribution in [0.4, 0.5) is 11.5 Å². The number of fused-ring (bicyclic) bond motifs is 1. The number of carbonyl (C=O) groups is 1.